The molecule has 0 radical (unpaired) electrons. The summed E-state index contributed by atoms with van der Waals surface area (Å²) in [6.45, 7) is 8.98. The lowest BCUT2D eigenvalue weighted by Gasteiger charge is -2.28. The third-order valence-corrected chi connectivity index (χ3v) is 2.28. The molecule has 0 bridgehead atoms. The van der Waals surface area contributed by atoms with E-state index in [1.807, 2.05) is 20.8 Å². The molecule has 0 unspecified atom stereocenters. The monoisotopic (exact) mass is 294 g/mol. The van der Waals surface area contributed by atoms with Crippen LogP contribution in [0.4, 0.5) is 5.82 Å². The van der Waals surface area contributed by atoms with Crippen LogP contribution >= 0.6 is 0 Å². The molecule has 0 aliphatic rings. The Hall–Kier alpha value is -1.95. The first-order chi connectivity index (χ1) is 9.73. The average Bonchev–Trinajstić information content (AvgIpc) is 2.35. The summed E-state index contributed by atoms with van der Waals surface area (Å²) >= 11 is 0. The summed E-state index contributed by atoms with van der Waals surface area (Å²) in [5.74, 6) is -0.293. The smallest absolute Gasteiger partial charge is 0.311 e. The number of esters is 1. The van der Waals surface area contributed by atoms with Gasteiger partial charge < -0.3 is 4.74 Å². The molecule has 0 saturated heterocycles. The molecular weight excluding hydrogens is 272 g/mol. The van der Waals surface area contributed by atoms with Crippen LogP contribution in [0, 0.1) is 0 Å². The number of hydrogen-bond donors (Lipinski definition) is 0. The molecule has 0 aromatic carbocycles. The number of rotatable bonds is 5. The molecule has 1 aromatic rings. The number of hydroxylamine groups is 1. The first-order valence-corrected chi connectivity index (χ1v) is 6.84. The van der Waals surface area contributed by atoms with Crippen LogP contribution in [0.15, 0.2) is 18.2 Å². The minimum atomic E-state index is -0.537. The van der Waals surface area contributed by atoms with Gasteiger partial charge in [0.15, 0.2) is 5.82 Å². The highest BCUT2D eigenvalue weighted by molar-refractivity contribution is 5.88. The minimum absolute atomic E-state index is 0.0585. The number of anilines is 1. The topological polar surface area (TPSA) is 68.7 Å². The van der Waals surface area contributed by atoms with Crippen molar-refractivity contribution in [3.63, 3.8) is 0 Å². The van der Waals surface area contributed by atoms with Crippen molar-refractivity contribution >= 4 is 17.7 Å². The Balaban J connectivity index is 2.95. The van der Waals surface area contributed by atoms with Gasteiger partial charge in [-0.2, -0.15) is 5.06 Å². The molecule has 0 aliphatic heterocycles. The van der Waals surface area contributed by atoms with Crippen LogP contribution < -0.4 is 5.06 Å². The van der Waals surface area contributed by atoms with Crippen molar-refractivity contribution < 1.29 is 19.2 Å². The minimum Gasteiger partial charge on any atom is -0.466 e. The standard InChI is InChI=1S/C15H22N2O4/c1-6-20-14(19)10-12-8-7-9-13(16-12)17(11(2)18)21-15(3,4)5/h7-9H,6,10H2,1-5H3. The van der Waals surface area contributed by atoms with Gasteiger partial charge in [-0.15, -0.1) is 0 Å². The van der Waals surface area contributed by atoms with E-state index in [0.29, 0.717) is 18.1 Å². The number of hydrogen-bond acceptors (Lipinski definition) is 5. The number of nitrogens with zero attached hydrogens (tertiary/aromatic N) is 2. The van der Waals surface area contributed by atoms with Gasteiger partial charge in [-0.25, -0.2) is 4.98 Å². The van der Waals surface area contributed by atoms with Crippen LogP contribution in [-0.4, -0.2) is 29.1 Å². The Morgan fingerprint density at radius 1 is 1.29 bits per heavy atom. The molecule has 0 atom stereocenters. The van der Waals surface area contributed by atoms with Gasteiger partial charge in [0.05, 0.1) is 24.3 Å². The lowest BCUT2D eigenvalue weighted by molar-refractivity contribution is -0.142. The fourth-order valence-corrected chi connectivity index (χ4v) is 1.58. The van der Waals surface area contributed by atoms with E-state index in [4.69, 9.17) is 9.57 Å². The number of carbonyl (C=O) groups is 2. The maximum absolute atomic E-state index is 11.7. The van der Waals surface area contributed by atoms with Gasteiger partial charge in [-0.05, 0) is 39.8 Å². The Labute approximate surface area is 125 Å². The fraction of sp³-hybridized carbons (Fsp3) is 0.533. The van der Waals surface area contributed by atoms with E-state index in [0.717, 1.165) is 5.06 Å². The van der Waals surface area contributed by atoms with Gasteiger partial charge in [0.1, 0.15) is 0 Å². The van der Waals surface area contributed by atoms with E-state index in [1.165, 1.54) is 6.92 Å². The van der Waals surface area contributed by atoms with Crippen LogP contribution in [-0.2, 0) is 25.6 Å². The van der Waals surface area contributed by atoms with Crippen molar-refractivity contribution in [3.05, 3.63) is 23.9 Å². The van der Waals surface area contributed by atoms with Crippen LogP contribution in [0.25, 0.3) is 0 Å². The van der Waals surface area contributed by atoms with Gasteiger partial charge in [0, 0.05) is 6.92 Å². The summed E-state index contributed by atoms with van der Waals surface area (Å²) in [6, 6.07) is 5.08. The zero-order valence-corrected chi connectivity index (χ0v) is 13.2. The quantitative estimate of drug-likeness (QED) is 0.615. The molecule has 21 heavy (non-hydrogen) atoms. The second-order valence-corrected chi connectivity index (χ2v) is 5.49. The molecule has 6 heteroatoms. The number of pyridine rings is 1. The summed E-state index contributed by atoms with van der Waals surface area (Å²) in [4.78, 5) is 33.1. The summed E-state index contributed by atoms with van der Waals surface area (Å²) in [6.07, 6.45) is 0.0585. The molecule has 0 saturated carbocycles. The van der Waals surface area contributed by atoms with Gasteiger partial charge in [0.2, 0.25) is 5.91 Å². The third kappa shape index (κ3) is 5.91. The van der Waals surface area contributed by atoms with E-state index in [1.54, 1.807) is 25.1 Å². The Morgan fingerprint density at radius 2 is 1.95 bits per heavy atom. The fourth-order valence-electron chi connectivity index (χ4n) is 1.58. The van der Waals surface area contributed by atoms with Crippen LogP contribution in [0.2, 0.25) is 0 Å². The van der Waals surface area contributed by atoms with Crippen molar-refractivity contribution in [2.24, 2.45) is 0 Å². The zero-order valence-electron chi connectivity index (χ0n) is 13.2. The lowest BCUT2D eigenvalue weighted by Crippen LogP contribution is -2.37. The molecule has 1 amide bonds. The van der Waals surface area contributed by atoms with Crippen LogP contribution in [0.1, 0.15) is 40.3 Å². The molecular formula is C15H22N2O4. The maximum atomic E-state index is 11.7. The van der Waals surface area contributed by atoms with E-state index >= 15 is 0 Å². The highest BCUT2D eigenvalue weighted by atomic mass is 16.7. The van der Waals surface area contributed by atoms with E-state index < -0.39 is 5.60 Å². The number of ether oxygens (including phenoxy) is 1. The van der Waals surface area contributed by atoms with E-state index in [9.17, 15) is 9.59 Å². The van der Waals surface area contributed by atoms with E-state index in [2.05, 4.69) is 4.98 Å². The SMILES string of the molecule is CCOC(=O)Cc1cccc(N(OC(C)(C)C)C(C)=O)n1. The van der Waals surface area contributed by atoms with Gasteiger partial charge in [-0.3, -0.25) is 14.4 Å². The normalized spacial score (nSPS) is 11.1. The second kappa shape index (κ2) is 7.17. The van der Waals surface area contributed by atoms with Crippen LogP contribution in [0.5, 0.6) is 0 Å². The number of aromatic nitrogens is 1. The van der Waals surface area contributed by atoms with Crippen molar-refractivity contribution in [3.8, 4) is 0 Å². The first-order valence-electron chi connectivity index (χ1n) is 6.84. The van der Waals surface area contributed by atoms with Crippen molar-refractivity contribution in [2.45, 2.75) is 46.6 Å². The molecule has 0 aliphatic carbocycles. The number of amides is 1. The first kappa shape index (κ1) is 17.1. The molecule has 1 heterocycles. The maximum Gasteiger partial charge on any atom is 0.311 e. The summed E-state index contributed by atoms with van der Waals surface area (Å²) in [5, 5.41) is 1.13. The predicted molar refractivity (Wildman–Crippen MR) is 78.6 cm³/mol. The Bertz CT molecular complexity index is 509. The van der Waals surface area contributed by atoms with E-state index in [-0.39, 0.29) is 18.3 Å². The molecule has 0 spiro atoms. The molecule has 0 fully saturated rings. The zero-order chi connectivity index (χ0) is 16.0. The molecule has 1 rings (SSSR count). The highest BCUT2D eigenvalue weighted by Crippen LogP contribution is 2.18. The molecule has 0 N–H and O–H groups in total. The molecule has 116 valence electrons. The van der Waals surface area contributed by atoms with Gasteiger partial charge >= 0.3 is 5.97 Å². The lowest BCUT2D eigenvalue weighted by atomic mass is 10.2. The number of carbonyl (C=O) groups excluding carboxylic acids is 2. The highest BCUT2D eigenvalue weighted by Gasteiger charge is 2.22. The third-order valence-electron chi connectivity index (χ3n) is 2.28. The predicted octanol–water partition coefficient (Wildman–Crippen LogP) is 2.27. The second-order valence-electron chi connectivity index (χ2n) is 5.49. The summed E-state index contributed by atoms with van der Waals surface area (Å²) < 4.78 is 4.88. The largest absolute Gasteiger partial charge is 0.466 e. The van der Waals surface area contributed by atoms with Crippen molar-refractivity contribution in [1.29, 1.82) is 0 Å². The summed E-state index contributed by atoms with van der Waals surface area (Å²) in [7, 11) is 0. The Kier molecular flexibility index (Phi) is 5.84. The van der Waals surface area contributed by atoms with Gasteiger partial charge in [0.25, 0.3) is 0 Å². The molecule has 6 nitrogen and oxygen atoms in total. The average molecular weight is 294 g/mol. The molecule has 1 aromatic heterocycles. The van der Waals surface area contributed by atoms with Crippen molar-refractivity contribution in [2.75, 3.05) is 11.7 Å². The van der Waals surface area contributed by atoms with Gasteiger partial charge in [-0.1, -0.05) is 6.07 Å². The van der Waals surface area contributed by atoms with Crippen LogP contribution in [0.3, 0.4) is 0 Å². The summed E-state index contributed by atoms with van der Waals surface area (Å²) in [5.41, 5.74) is -0.0143. The van der Waals surface area contributed by atoms with Crippen molar-refractivity contribution in [1.82, 2.24) is 4.98 Å². The Morgan fingerprint density at radius 3 is 2.48 bits per heavy atom.